The van der Waals surface area contributed by atoms with Gasteiger partial charge in [-0.15, -0.1) is 0 Å². The van der Waals surface area contributed by atoms with Crippen LogP contribution < -0.4 is 5.73 Å². The summed E-state index contributed by atoms with van der Waals surface area (Å²) in [5.74, 6) is 0.130. The van der Waals surface area contributed by atoms with E-state index in [1.165, 1.54) is 24.8 Å². The predicted octanol–water partition coefficient (Wildman–Crippen LogP) is 1.44. The Morgan fingerprint density at radius 3 is 2.70 bits per heavy atom. The Bertz CT molecular complexity index is 484. The van der Waals surface area contributed by atoms with Crippen molar-refractivity contribution in [3.8, 4) is 0 Å². The molecular formula is C15H23N3O2. The Balaban J connectivity index is 2.11. The fraction of sp³-hybridized carbons (Fsp3) is 0.533. The van der Waals surface area contributed by atoms with E-state index in [2.05, 4.69) is 10.1 Å². The molecule has 0 spiro atoms. The molecule has 0 amide bonds. The molecule has 1 aromatic rings. The van der Waals surface area contributed by atoms with Gasteiger partial charge in [-0.3, -0.25) is 4.90 Å². The molecule has 1 fully saturated rings. The zero-order chi connectivity index (χ0) is 14.5. The van der Waals surface area contributed by atoms with Gasteiger partial charge in [-0.2, -0.15) is 0 Å². The first-order valence-corrected chi connectivity index (χ1v) is 7.08. The second-order valence-electron chi connectivity index (χ2n) is 5.41. The molecule has 1 saturated carbocycles. The van der Waals surface area contributed by atoms with Gasteiger partial charge in [0.25, 0.3) is 0 Å². The summed E-state index contributed by atoms with van der Waals surface area (Å²) in [5.41, 5.74) is 8.67. The normalized spacial score (nSPS) is 16.4. The van der Waals surface area contributed by atoms with Crippen LogP contribution in [0, 0.1) is 6.92 Å². The van der Waals surface area contributed by atoms with E-state index < -0.39 is 0 Å². The Labute approximate surface area is 119 Å². The van der Waals surface area contributed by atoms with Gasteiger partial charge in [0.15, 0.2) is 5.84 Å². The quantitative estimate of drug-likeness (QED) is 0.318. The number of nitrogens with two attached hydrogens (primary N) is 1. The fourth-order valence-corrected chi connectivity index (χ4v) is 2.58. The number of benzene rings is 1. The van der Waals surface area contributed by atoms with E-state index in [1.54, 1.807) is 0 Å². The minimum atomic E-state index is 0.130. The summed E-state index contributed by atoms with van der Waals surface area (Å²) in [6.07, 6.45) is 3.73. The molecule has 0 saturated heterocycles. The molecule has 0 atom stereocenters. The van der Waals surface area contributed by atoms with Crippen LogP contribution >= 0.6 is 0 Å². The third kappa shape index (κ3) is 3.29. The third-order valence-electron chi connectivity index (χ3n) is 4.10. The van der Waals surface area contributed by atoms with Crippen molar-refractivity contribution in [2.45, 2.75) is 38.8 Å². The van der Waals surface area contributed by atoms with Crippen molar-refractivity contribution in [1.29, 1.82) is 0 Å². The Morgan fingerprint density at radius 2 is 2.20 bits per heavy atom. The summed E-state index contributed by atoms with van der Waals surface area (Å²) in [6, 6.07) is 6.42. The lowest BCUT2D eigenvalue weighted by Crippen LogP contribution is -2.41. The number of hydrogen-bond acceptors (Lipinski definition) is 4. The Kier molecular flexibility index (Phi) is 4.98. The average molecular weight is 277 g/mol. The van der Waals surface area contributed by atoms with E-state index in [4.69, 9.17) is 10.9 Å². The highest BCUT2D eigenvalue weighted by atomic mass is 16.4. The summed E-state index contributed by atoms with van der Waals surface area (Å²) in [4.78, 5) is 2.34. The summed E-state index contributed by atoms with van der Waals surface area (Å²) in [6.45, 7) is 3.78. The molecule has 4 N–H and O–H groups in total. The monoisotopic (exact) mass is 277 g/mol. The summed E-state index contributed by atoms with van der Waals surface area (Å²) in [7, 11) is 0. The lowest BCUT2D eigenvalue weighted by atomic mass is 9.90. The van der Waals surface area contributed by atoms with Gasteiger partial charge >= 0.3 is 0 Å². The van der Waals surface area contributed by atoms with Crippen LogP contribution in [0.5, 0.6) is 0 Å². The number of aliphatic hydroxyl groups excluding tert-OH is 1. The van der Waals surface area contributed by atoms with Crippen molar-refractivity contribution in [2.75, 3.05) is 13.2 Å². The van der Waals surface area contributed by atoms with E-state index in [9.17, 15) is 5.11 Å². The molecule has 0 bridgehead atoms. The maximum atomic E-state index is 9.20. The second kappa shape index (κ2) is 6.72. The zero-order valence-corrected chi connectivity index (χ0v) is 11.9. The van der Waals surface area contributed by atoms with Crippen molar-refractivity contribution in [1.82, 2.24) is 4.90 Å². The number of rotatable bonds is 6. The van der Waals surface area contributed by atoms with Crippen molar-refractivity contribution >= 4 is 5.84 Å². The number of hydrogen-bond donors (Lipinski definition) is 3. The highest BCUT2D eigenvalue weighted by Crippen LogP contribution is 2.26. The van der Waals surface area contributed by atoms with Crippen LogP contribution in [0.3, 0.4) is 0 Å². The first kappa shape index (κ1) is 14.8. The minimum Gasteiger partial charge on any atom is -0.409 e. The molecule has 5 heteroatoms. The van der Waals surface area contributed by atoms with Crippen molar-refractivity contribution < 1.29 is 10.3 Å². The van der Waals surface area contributed by atoms with Crippen LogP contribution in [-0.4, -0.2) is 40.2 Å². The number of nitrogens with zero attached hydrogens (tertiary/aromatic N) is 2. The molecule has 20 heavy (non-hydrogen) atoms. The second-order valence-corrected chi connectivity index (χ2v) is 5.41. The van der Waals surface area contributed by atoms with Gasteiger partial charge in [0.2, 0.25) is 0 Å². The van der Waals surface area contributed by atoms with Crippen LogP contribution in [0.4, 0.5) is 0 Å². The summed E-state index contributed by atoms with van der Waals surface area (Å²) in [5, 5.41) is 20.9. The first-order valence-electron chi connectivity index (χ1n) is 7.08. The maximum absolute atomic E-state index is 9.20. The van der Waals surface area contributed by atoms with Crippen molar-refractivity contribution in [2.24, 2.45) is 10.9 Å². The van der Waals surface area contributed by atoms with Crippen molar-refractivity contribution in [3.63, 3.8) is 0 Å². The Morgan fingerprint density at radius 1 is 1.45 bits per heavy atom. The minimum absolute atomic E-state index is 0.130. The van der Waals surface area contributed by atoms with E-state index in [0.717, 1.165) is 17.7 Å². The number of aliphatic hydroxyl groups is 1. The molecule has 110 valence electrons. The van der Waals surface area contributed by atoms with Gasteiger partial charge < -0.3 is 16.0 Å². The van der Waals surface area contributed by atoms with Gasteiger partial charge in [-0.25, -0.2) is 0 Å². The van der Waals surface area contributed by atoms with Gasteiger partial charge in [0.1, 0.15) is 0 Å². The molecule has 0 unspecified atom stereocenters. The molecule has 0 aromatic heterocycles. The predicted molar refractivity (Wildman–Crippen MR) is 78.8 cm³/mol. The fourth-order valence-electron chi connectivity index (χ4n) is 2.58. The molecule has 1 aliphatic rings. The smallest absolute Gasteiger partial charge is 0.170 e. The molecule has 0 radical (unpaired) electrons. The average Bonchev–Trinajstić information content (AvgIpc) is 2.38. The van der Waals surface area contributed by atoms with Gasteiger partial charge in [-0.05, 0) is 37.0 Å². The highest BCUT2D eigenvalue weighted by molar-refractivity contribution is 5.97. The van der Waals surface area contributed by atoms with Gasteiger partial charge in [-0.1, -0.05) is 23.7 Å². The molecular weight excluding hydrogens is 254 g/mol. The summed E-state index contributed by atoms with van der Waals surface area (Å²) >= 11 is 0. The number of aryl methyl sites for hydroxylation is 1. The molecule has 1 aromatic carbocycles. The van der Waals surface area contributed by atoms with Crippen molar-refractivity contribution in [3.05, 3.63) is 34.9 Å². The SMILES string of the molecule is Cc1cc(/C(N)=N/O)ccc1CN(CCO)C1CCC1. The van der Waals surface area contributed by atoms with Crippen LogP contribution in [-0.2, 0) is 6.54 Å². The maximum Gasteiger partial charge on any atom is 0.170 e. The van der Waals surface area contributed by atoms with Crippen LogP contribution in [0.1, 0.15) is 36.0 Å². The zero-order valence-electron chi connectivity index (χ0n) is 11.9. The standard InChI is InChI=1S/C15H23N3O2/c1-11-9-12(15(16)17-20)5-6-13(11)10-18(7-8-19)14-3-2-4-14/h5-6,9,14,19-20H,2-4,7-8,10H2,1H3,(H2,16,17). The van der Waals surface area contributed by atoms with E-state index in [0.29, 0.717) is 12.6 Å². The molecule has 5 nitrogen and oxygen atoms in total. The van der Waals surface area contributed by atoms with Crippen LogP contribution in [0.25, 0.3) is 0 Å². The van der Waals surface area contributed by atoms with Gasteiger partial charge in [0.05, 0.1) is 6.61 Å². The van der Waals surface area contributed by atoms with Crippen LogP contribution in [0.2, 0.25) is 0 Å². The Hall–Kier alpha value is -1.59. The number of amidine groups is 1. The lowest BCUT2D eigenvalue weighted by Gasteiger charge is -2.37. The topological polar surface area (TPSA) is 82.1 Å². The largest absolute Gasteiger partial charge is 0.409 e. The molecule has 0 heterocycles. The van der Waals surface area contributed by atoms with Gasteiger partial charge in [0, 0.05) is 24.7 Å². The summed E-state index contributed by atoms with van der Waals surface area (Å²) < 4.78 is 0. The third-order valence-corrected chi connectivity index (χ3v) is 4.10. The lowest BCUT2D eigenvalue weighted by molar-refractivity contribution is 0.0944. The van der Waals surface area contributed by atoms with E-state index >= 15 is 0 Å². The molecule has 0 aliphatic heterocycles. The number of oxime groups is 1. The van der Waals surface area contributed by atoms with E-state index in [-0.39, 0.29) is 12.4 Å². The van der Waals surface area contributed by atoms with E-state index in [1.807, 2.05) is 25.1 Å². The first-order chi connectivity index (χ1) is 9.65. The highest BCUT2D eigenvalue weighted by Gasteiger charge is 2.24. The molecule has 2 rings (SSSR count). The van der Waals surface area contributed by atoms with Crippen LogP contribution in [0.15, 0.2) is 23.4 Å². The molecule has 1 aliphatic carbocycles.